The van der Waals surface area contributed by atoms with Crippen molar-refractivity contribution in [3.05, 3.63) is 0 Å². The van der Waals surface area contributed by atoms with Crippen molar-refractivity contribution in [3.63, 3.8) is 0 Å². The predicted molar refractivity (Wildman–Crippen MR) is 11.5 cm³/mol. The van der Waals surface area contributed by atoms with Gasteiger partial charge in [0.25, 0.3) is 0 Å². The Morgan fingerprint density at radius 1 is 0.286 bits per heavy atom. The zero-order valence-electron chi connectivity index (χ0n) is 2.58. The normalized spacial score (nSPS) is 0. The summed E-state index contributed by atoms with van der Waals surface area (Å²) in [4.78, 5) is 0. The van der Waals surface area contributed by atoms with Crippen molar-refractivity contribution in [1.82, 2.24) is 0 Å². The van der Waals surface area contributed by atoms with E-state index in [1.165, 1.54) is 0 Å². The average molecular weight is 439 g/mol. The largest absolute Gasteiger partial charge is 0 e. The zero-order chi connectivity index (χ0) is 0. The topological polar surface area (TPSA) is 0 Å². The van der Waals surface area contributed by atoms with Gasteiger partial charge in [-0.15, -0.1) is 0 Å². The molecule has 0 aliphatic carbocycles. The van der Waals surface area contributed by atoms with E-state index in [0.717, 1.165) is 0 Å². The fourth-order valence-electron chi connectivity index (χ4n) is 0. The molecule has 0 aromatic heterocycles. The first-order chi connectivity index (χ1) is 0. The fraction of sp³-hybridized carbons (Fsp3) is 0. The second-order valence-electron chi connectivity index (χ2n) is 0. The van der Waals surface area contributed by atoms with E-state index in [-0.39, 0.29) is 118 Å². The molecule has 0 aliphatic rings. The molecule has 7 heavy (non-hydrogen) atoms. The van der Waals surface area contributed by atoms with Crippen LogP contribution in [0.25, 0.3) is 0 Å². The van der Waals surface area contributed by atoms with Gasteiger partial charge in [0.1, 0.15) is 0 Å². The summed E-state index contributed by atoms with van der Waals surface area (Å²) in [6.45, 7) is 0. The second kappa shape index (κ2) is 55.4. The van der Waals surface area contributed by atoms with Gasteiger partial charge < -0.3 is 0 Å². The van der Waals surface area contributed by atoms with Crippen molar-refractivity contribution in [2.24, 2.45) is 0 Å². The van der Waals surface area contributed by atoms with Crippen LogP contribution >= 0.6 is 0 Å². The van der Waals surface area contributed by atoms with Crippen LogP contribution in [0, 0.1) is 0 Å². The van der Waals surface area contributed by atoms with E-state index in [9.17, 15) is 0 Å². The summed E-state index contributed by atoms with van der Waals surface area (Å²) < 4.78 is 0. The molecule has 0 heterocycles. The van der Waals surface area contributed by atoms with Gasteiger partial charge in [-0.3, -0.25) is 0 Å². The van der Waals surface area contributed by atoms with E-state index in [1.807, 2.05) is 0 Å². The van der Waals surface area contributed by atoms with E-state index in [0.29, 0.717) is 0 Å². The Kier molecular flexibility index (Phi) is 603. The Balaban J connectivity index is 0. The molecule has 58 valence electrons. The maximum absolute atomic E-state index is 0. The molecule has 0 aromatic rings. The molecular weight excluding hydrogens is 439 g/mol. The summed E-state index contributed by atoms with van der Waals surface area (Å²) in [6.07, 6.45) is 0. The molecule has 0 N–H and O–H groups in total. The molecule has 0 fully saturated rings. The van der Waals surface area contributed by atoms with E-state index in [2.05, 4.69) is 0 Å². The third-order valence-electron chi connectivity index (χ3n) is 0. The van der Waals surface area contributed by atoms with Crippen molar-refractivity contribution in [3.8, 4) is 0 Å². The maximum atomic E-state index is 0. The summed E-state index contributed by atoms with van der Waals surface area (Å²) in [5, 5.41) is 0. The van der Waals surface area contributed by atoms with Crippen LogP contribution in [0.5, 0.6) is 0 Å². The van der Waals surface area contributed by atoms with Crippen LogP contribution in [0.1, 0.15) is 0 Å². The van der Waals surface area contributed by atoms with Gasteiger partial charge in [-0.2, -0.15) is 0 Å². The van der Waals surface area contributed by atoms with E-state index in [1.54, 1.807) is 0 Å². The maximum Gasteiger partial charge on any atom is 0 e. The first-order valence-electron chi connectivity index (χ1n) is 0. The van der Waals surface area contributed by atoms with Crippen molar-refractivity contribution in [1.29, 1.82) is 0 Å². The third-order valence-corrected chi connectivity index (χ3v) is 0. The molecule has 0 unspecified atom stereocenters. The van der Waals surface area contributed by atoms with Gasteiger partial charge in [0, 0.05) is 118 Å². The molecule has 8 radical (unpaired) electrons. The summed E-state index contributed by atoms with van der Waals surface area (Å²) >= 11 is 0. The minimum Gasteiger partial charge on any atom is 0 e. The van der Waals surface area contributed by atoms with Crippen molar-refractivity contribution in [2.75, 3.05) is 0 Å². The van der Waals surface area contributed by atoms with Crippen molar-refractivity contribution in [2.45, 2.75) is 0 Å². The quantitative estimate of drug-likeness (QED) is 0.436. The smallest absolute Gasteiger partial charge is 0 e. The van der Waals surface area contributed by atoms with Crippen molar-refractivity contribution >= 4 is 35.2 Å². The Labute approximate surface area is 116 Å². The minimum absolute atomic E-state index is 0. The molecule has 0 nitrogen and oxygen atoms in total. The summed E-state index contributed by atoms with van der Waals surface area (Å²) in [7, 11) is 0. The monoisotopic (exact) mass is 438 g/mol. The molecule has 0 rings (SSSR count). The molecule has 0 aromatic carbocycles. The van der Waals surface area contributed by atoms with Crippen molar-refractivity contribution < 1.29 is 82.5 Å². The second-order valence-corrected chi connectivity index (χ2v) is 0. The molecule has 0 saturated heterocycles. The number of rotatable bonds is 0. The Morgan fingerprint density at radius 3 is 0.286 bits per heavy atom. The zero-order valence-corrected chi connectivity index (χ0v) is 11.7. The van der Waals surface area contributed by atoms with Crippen LogP contribution in [0.4, 0.5) is 0 Å². The molecule has 0 saturated carbocycles. The molecule has 0 atom stereocenters. The fourth-order valence-corrected chi connectivity index (χ4v) is 0. The van der Waals surface area contributed by atoms with Gasteiger partial charge >= 0.3 is 0 Å². The van der Waals surface area contributed by atoms with Gasteiger partial charge in [0.15, 0.2) is 0 Å². The molecule has 7 heteroatoms. The van der Waals surface area contributed by atoms with Crippen LogP contribution in [-0.2, 0) is 82.5 Å². The van der Waals surface area contributed by atoms with Gasteiger partial charge in [0.05, 0.1) is 0 Å². The SMILES string of the molecule is [Ge].[Ge].[Ni].[Ni].[Ni].[Ni].[Ni]. The van der Waals surface area contributed by atoms with E-state index >= 15 is 0 Å². The summed E-state index contributed by atoms with van der Waals surface area (Å²) in [5.74, 6) is 0. The van der Waals surface area contributed by atoms with E-state index in [4.69, 9.17) is 0 Å². The van der Waals surface area contributed by atoms with Crippen LogP contribution in [0.3, 0.4) is 0 Å². The van der Waals surface area contributed by atoms with Crippen LogP contribution in [0.15, 0.2) is 0 Å². The Hall–Kier alpha value is 3.55. The first kappa shape index (κ1) is 76.3. The minimum atomic E-state index is 0. The molecule has 0 bridgehead atoms. The molecular formula is Ge2Ni5. The predicted octanol–water partition coefficient (Wildman–Crippen LogP) is -0.774. The Bertz CT molecular complexity index is 6.04. The average Bonchev–Trinajstić information content (AvgIpc) is 0. The third kappa shape index (κ3) is 43.2. The van der Waals surface area contributed by atoms with Gasteiger partial charge in [-0.1, -0.05) is 0 Å². The van der Waals surface area contributed by atoms with Gasteiger partial charge in [-0.25, -0.2) is 0 Å². The summed E-state index contributed by atoms with van der Waals surface area (Å²) in [6, 6.07) is 0. The number of hydrogen-bond donors (Lipinski definition) is 0. The van der Waals surface area contributed by atoms with E-state index < -0.39 is 0 Å². The van der Waals surface area contributed by atoms with Gasteiger partial charge in [-0.05, 0) is 0 Å². The van der Waals surface area contributed by atoms with Crippen LogP contribution in [0.2, 0.25) is 0 Å². The van der Waals surface area contributed by atoms with Gasteiger partial charge in [0.2, 0.25) is 0 Å². The van der Waals surface area contributed by atoms with Crippen LogP contribution < -0.4 is 0 Å². The Morgan fingerprint density at radius 2 is 0.286 bits per heavy atom. The molecule has 0 spiro atoms. The summed E-state index contributed by atoms with van der Waals surface area (Å²) in [5.41, 5.74) is 0. The molecule has 0 amide bonds. The standard InChI is InChI=1S/2Ge.5Ni. The molecule has 0 aliphatic heterocycles. The number of hydrogen-bond acceptors (Lipinski definition) is 0. The van der Waals surface area contributed by atoms with Crippen LogP contribution in [-0.4, -0.2) is 35.2 Å². The first-order valence-corrected chi connectivity index (χ1v) is 0.